The minimum Gasteiger partial charge on any atom is -0.550 e. The van der Waals surface area contributed by atoms with Gasteiger partial charge in [-0.15, -0.1) is 0 Å². The fraction of sp³-hybridized carbons (Fsp3) is 0.571. The van der Waals surface area contributed by atoms with Crippen molar-refractivity contribution in [3.05, 3.63) is 48.0 Å². The molecule has 1 unspecified atom stereocenters. The Morgan fingerprint density at radius 3 is 2.80 bits per heavy atom. The number of carboxylic acid groups (broad SMARTS) is 1. The minimum atomic E-state index is -1.20. The Balaban J connectivity index is 1.68. The SMILES string of the molecule is O=C([O-])C[C@@]1(O)CCC[C@H](/C=C/C(O)CCCCc2ccccc2)C1. The number of carboxylic acids is 1. The van der Waals surface area contributed by atoms with Gasteiger partial charge in [-0.1, -0.05) is 48.9 Å². The van der Waals surface area contributed by atoms with Crippen molar-refractivity contribution in [2.24, 2.45) is 5.92 Å². The molecule has 1 aliphatic rings. The maximum atomic E-state index is 10.8. The van der Waals surface area contributed by atoms with E-state index in [1.54, 1.807) is 6.08 Å². The number of carbonyl (C=O) groups excluding carboxylic acids is 1. The van der Waals surface area contributed by atoms with E-state index in [0.29, 0.717) is 12.8 Å². The van der Waals surface area contributed by atoms with Crippen molar-refractivity contribution >= 4 is 5.97 Å². The van der Waals surface area contributed by atoms with Crippen LogP contribution in [0.4, 0.5) is 0 Å². The summed E-state index contributed by atoms with van der Waals surface area (Å²) in [6.45, 7) is 0. The van der Waals surface area contributed by atoms with E-state index in [-0.39, 0.29) is 12.3 Å². The fourth-order valence-electron chi connectivity index (χ4n) is 3.69. The van der Waals surface area contributed by atoms with Gasteiger partial charge in [-0.2, -0.15) is 0 Å². The first-order valence-corrected chi connectivity index (χ1v) is 9.29. The average Bonchev–Trinajstić information content (AvgIpc) is 2.57. The van der Waals surface area contributed by atoms with Gasteiger partial charge in [0.2, 0.25) is 0 Å². The molecule has 138 valence electrons. The van der Waals surface area contributed by atoms with Crippen LogP contribution < -0.4 is 5.11 Å². The zero-order chi connectivity index (χ0) is 18.1. The van der Waals surface area contributed by atoms with Crippen molar-refractivity contribution in [1.29, 1.82) is 0 Å². The van der Waals surface area contributed by atoms with Crippen LogP contribution in [0.2, 0.25) is 0 Å². The van der Waals surface area contributed by atoms with Crippen LogP contribution in [0.5, 0.6) is 0 Å². The molecule has 1 aliphatic carbocycles. The van der Waals surface area contributed by atoms with E-state index in [1.807, 2.05) is 24.3 Å². The molecule has 1 aromatic carbocycles. The van der Waals surface area contributed by atoms with Gasteiger partial charge in [-0.3, -0.25) is 0 Å². The van der Waals surface area contributed by atoms with Crippen LogP contribution in [-0.2, 0) is 11.2 Å². The largest absolute Gasteiger partial charge is 0.550 e. The topological polar surface area (TPSA) is 80.6 Å². The summed E-state index contributed by atoms with van der Waals surface area (Å²) in [6.07, 6.45) is 9.37. The van der Waals surface area contributed by atoms with Gasteiger partial charge >= 0.3 is 0 Å². The summed E-state index contributed by atoms with van der Waals surface area (Å²) in [5.74, 6) is -1.08. The quantitative estimate of drug-likeness (QED) is 0.532. The maximum absolute atomic E-state index is 10.8. The summed E-state index contributed by atoms with van der Waals surface area (Å²) in [6, 6.07) is 10.3. The predicted molar refractivity (Wildman–Crippen MR) is 95.7 cm³/mol. The summed E-state index contributed by atoms with van der Waals surface area (Å²) in [7, 11) is 0. The van der Waals surface area contributed by atoms with Crippen molar-refractivity contribution in [3.63, 3.8) is 0 Å². The van der Waals surface area contributed by atoms with Gasteiger partial charge in [0.1, 0.15) is 0 Å². The highest BCUT2D eigenvalue weighted by molar-refractivity contribution is 5.65. The van der Waals surface area contributed by atoms with Crippen LogP contribution in [0.25, 0.3) is 0 Å². The molecule has 25 heavy (non-hydrogen) atoms. The third kappa shape index (κ3) is 7.41. The summed E-state index contributed by atoms with van der Waals surface area (Å²) in [4.78, 5) is 10.8. The van der Waals surface area contributed by atoms with E-state index in [1.165, 1.54) is 5.56 Å². The number of unbranched alkanes of at least 4 members (excludes halogenated alkanes) is 1. The second-order valence-corrected chi connectivity index (χ2v) is 7.31. The number of aryl methyl sites for hydroxylation is 1. The highest BCUT2D eigenvalue weighted by Gasteiger charge is 2.33. The van der Waals surface area contributed by atoms with E-state index in [2.05, 4.69) is 12.1 Å². The van der Waals surface area contributed by atoms with E-state index < -0.39 is 17.7 Å². The van der Waals surface area contributed by atoms with Gasteiger partial charge in [0.15, 0.2) is 0 Å². The molecule has 0 bridgehead atoms. The van der Waals surface area contributed by atoms with Crippen LogP contribution in [-0.4, -0.2) is 27.9 Å². The molecule has 0 spiro atoms. The van der Waals surface area contributed by atoms with Gasteiger partial charge in [0, 0.05) is 12.4 Å². The lowest BCUT2D eigenvalue weighted by Gasteiger charge is -2.36. The Kier molecular flexibility index (Phi) is 7.66. The third-order valence-corrected chi connectivity index (χ3v) is 5.00. The van der Waals surface area contributed by atoms with E-state index in [0.717, 1.165) is 38.5 Å². The van der Waals surface area contributed by atoms with E-state index in [4.69, 9.17) is 0 Å². The molecular weight excluding hydrogens is 316 g/mol. The lowest BCUT2D eigenvalue weighted by Crippen LogP contribution is -2.41. The summed E-state index contributed by atoms with van der Waals surface area (Å²) >= 11 is 0. The summed E-state index contributed by atoms with van der Waals surface area (Å²) in [5.41, 5.74) is 0.161. The van der Waals surface area contributed by atoms with Crippen molar-refractivity contribution < 1.29 is 20.1 Å². The lowest BCUT2D eigenvalue weighted by molar-refractivity contribution is -0.309. The number of aliphatic carboxylic acids is 1. The summed E-state index contributed by atoms with van der Waals surface area (Å²) < 4.78 is 0. The first kappa shape index (κ1) is 19.7. The number of hydrogen-bond acceptors (Lipinski definition) is 4. The minimum absolute atomic E-state index is 0.122. The lowest BCUT2D eigenvalue weighted by atomic mass is 9.76. The molecule has 1 fully saturated rings. The number of aliphatic hydroxyl groups is 2. The van der Waals surface area contributed by atoms with Gasteiger partial charge in [0.25, 0.3) is 0 Å². The van der Waals surface area contributed by atoms with Crippen LogP contribution >= 0.6 is 0 Å². The van der Waals surface area contributed by atoms with Gasteiger partial charge in [-0.05, 0) is 56.4 Å². The molecule has 0 saturated heterocycles. The zero-order valence-corrected chi connectivity index (χ0v) is 14.8. The first-order chi connectivity index (χ1) is 12.0. The number of allylic oxidation sites excluding steroid dienone is 1. The van der Waals surface area contributed by atoms with Gasteiger partial charge in [0.05, 0.1) is 11.7 Å². The van der Waals surface area contributed by atoms with Crippen molar-refractivity contribution in [2.75, 3.05) is 0 Å². The van der Waals surface area contributed by atoms with E-state index in [9.17, 15) is 20.1 Å². The number of hydrogen-bond donors (Lipinski definition) is 2. The highest BCUT2D eigenvalue weighted by atomic mass is 16.4. The number of aliphatic hydroxyl groups excluding tert-OH is 1. The molecule has 2 rings (SSSR count). The van der Waals surface area contributed by atoms with Crippen LogP contribution in [0.15, 0.2) is 42.5 Å². The standard InChI is InChI=1S/C21H30O4/c22-19(11-5-4-9-17-7-2-1-3-8-17)13-12-18-10-6-14-21(25,15-18)16-20(23)24/h1-3,7-8,12-13,18-19,22,25H,4-6,9-11,14-16H2,(H,23,24)/p-1/b13-12+/t18-,19?,21-/m1/s1. The smallest absolute Gasteiger partial charge is 0.0721 e. The second kappa shape index (κ2) is 9.73. The molecular formula is C21H29O4-. The second-order valence-electron chi connectivity index (χ2n) is 7.31. The normalized spacial score (nSPS) is 25.1. The summed E-state index contributed by atoms with van der Waals surface area (Å²) in [5, 5.41) is 31.2. The third-order valence-electron chi connectivity index (χ3n) is 5.00. The molecule has 2 N–H and O–H groups in total. The Labute approximate surface area is 150 Å². The highest BCUT2D eigenvalue weighted by Crippen LogP contribution is 2.35. The van der Waals surface area contributed by atoms with E-state index >= 15 is 0 Å². The molecule has 0 amide bonds. The fourth-order valence-corrected chi connectivity index (χ4v) is 3.69. The number of carbonyl (C=O) groups is 1. The van der Waals surface area contributed by atoms with Crippen LogP contribution in [0, 0.1) is 5.92 Å². The van der Waals surface area contributed by atoms with Crippen molar-refractivity contribution in [2.45, 2.75) is 69.5 Å². The maximum Gasteiger partial charge on any atom is 0.0721 e. The Bertz CT molecular complexity index is 554. The Morgan fingerprint density at radius 2 is 2.08 bits per heavy atom. The Morgan fingerprint density at radius 1 is 1.32 bits per heavy atom. The average molecular weight is 345 g/mol. The number of rotatable bonds is 9. The molecule has 1 aromatic rings. The van der Waals surface area contributed by atoms with Gasteiger partial charge < -0.3 is 20.1 Å². The molecule has 4 heteroatoms. The Hall–Kier alpha value is -1.65. The molecule has 3 atom stereocenters. The van der Waals surface area contributed by atoms with Gasteiger partial charge in [-0.25, -0.2) is 0 Å². The first-order valence-electron chi connectivity index (χ1n) is 9.29. The molecule has 1 saturated carbocycles. The van der Waals surface area contributed by atoms with Crippen LogP contribution in [0.1, 0.15) is 56.9 Å². The van der Waals surface area contributed by atoms with Crippen molar-refractivity contribution in [3.8, 4) is 0 Å². The molecule has 0 aromatic heterocycles. The zero-order valence-electron chi connectivity index (χ0n) is 14.8. The van der Waals surface area contributed by atoms with Crippen LogP contribution in [0.3, 0.4) is 0 Å². The molecule has 4 nitrogen and oxygen atoms in total. The molecule has 0 radical (unpaired) electrons. The predicted octanol–water partition coefficient (Wildman–Crippen LogP) is 2.38. The molecule has 0 heterocycles. The monoisotopic (exact) mass is 345 g/mol. The van der Waals surface area contributed by atoms with Crippen molar-refractivity contribution in [1.82, 2.24) is 0 Å². The number of benzene rings is 1. The molecule has 0 aliphatic heterocycles.